The van der Waals surface area contributed by atoms with E-state index in [1.54, 1.807) is 13.2 Å². The zero-order valence-electron chi connectivity index (χ0n) is 17.0. The van der Waals surface area contributed by atoms with Crippen LogP contribution in [0.1, 0.15) is 13.0 Å². The molecule has 4 rings (SSSR count). The van der Waals surface area contributed by atoms with Crippen LogP contribution in [0.2, 0.25) is 5.02 Å². The standard InChI is InChI=1S/C23H18ClN5O.CH4.2ClH/c1-26-17-7-8-18-19(12-17)23(27-13-14-6-9-21(30-2)20(24)10-14)29-28-22(18)15-4-3-5-16(25)11-15;;;/h3-12H,13,25H2,2H3,(H,27,29);1H4;2*1H. The Hall–Kier alpha value is -3.24. The fourth-order valence-electron chi connectivity index (χ4n) is 3.25. The van der Waals surface area contributed by atoms with Crippen molar-refractivity contribution >= 4 is 64.4 Å². The molecule has 0 fully saturated rings. The van der Waals surface area contributed by atoms with Crippen molar-refractivity contribution in [2.75, 3.05) is 18.2 Å². The van der Waals surface area contributed by atoms with Gasteiger partial charge >= 0.3 is 0 Å². The average molecular weight is 505 g/mol. The van der Waals surface area contributed by atoms with Crippen molar-refractivity contribution in [3.05, 3.63) is 82.7 Å². The van der Waals surface area contributed by atoms with Gasteiger partial charge in [0.05, 0.1) is 18.7 Å². The van der Waals surface area contributed by atoms with E-state index in [0.717, 1.165) is 21.9 Å². The molecule has 3 aromatic carbocycles. The molecule has 0 aliphatic carbocycles. The van der Waals surface area contributed by atoms with Gasteiger partial charge in [0, 0.05) is 28.6 Å². The lowest BCUT2D eigenvalue weighted by atomic mass is 10.0. The van der Waals surface area contributed by atoms with Gasteiger partial charge in [0.15, 0.2) is 11.5 Å². The number of methoxy groups -OCH3 is 1. The summed E-state index contributed by atoms with van der Waals surface area (Å²) in [5.41, 5.74) is 9.68. The molecule has 1 aromatic heterocycles. The van der Waals surface area contributed by atoms with Crippen molar-refractivity contribution in [2.24, 2.45) is 0 Å². The molecule has 3 N–H and O–H groups in total. The van der Waals surface area contributed by atoms with Crippen molar-refractivity contribution in [3.8, 4) is 17.0 Å². The minimum absolute atomic E-state index is 0. The maximum atomic E-state index is 7.36. The number of rotatable bonds is 5. The van der Waals surface area contributed by atoms with Gasteiger partial charge in [-0.1, -0.05) is 49.4 Å². The Balaban J connectivity index is 0.00000181. The summed E-state index contributed by atoms with van der Waals surface area (Å²) >= 11 is 6.22. The number of hydrogen-bond acceptors (Lipinski definition) is 5. The van der Waals surface area contributed by atoms with Crippen LogP contribution < -0.4 is 15.8 Å². The van der Waals surface area contributed by atoms with Crippen LogP contribution in [-0.4, -0.2) is 17.3 Å². The maximum absolute atomic E-state index is 7.36. The van der Waals surface area contributed by atoms with Gasteiger partial charge in [-0.3, -0.25) is 0 Å². The first-order valence-electron chi connectivity index (χ1n) is 9.19. The van der Waals surface area contributed by atoms with Crippen LogP contribution in [0.25, 0.3) is 26.9 Å². The number of benzene rings is 3. The quantitative estimate of drug-likeness (QED) is 0.222. The van der Waals surface area contributed by atoms with E-state index in [-0.39, 0.29) is 32.2 Å². The van der Waals surface area contributed by atoms with Crippen molar-refractivity contribution in [2.45, 2.75) is 14.0 Å². The van der Waals surface area contributed by atoms with E-state index in [4.69, 9.17) is 28.6 Å². The molecule has 9 heteroatoms. The zero-order chi connectivity index (χ0) is 21.1. The van der Waals surface area contributed by atoms with E-state index in [1.807, 2.05) is 54.6 Å². The predicted octanol–water partition coefficient (Wildman–Crippen LogP) is 7.18. The number of fused-ring (bicyclic) bond motifs is 1. The highest BCUT2D eigenvalue weighted by Crippen LogP contribution is 2.33. The number of ether oxygens (including phenoxy) is 1. The van der Waals surface area contributed by atoms with E-state index in [2.05, 4.69) is 20.4 Å². The first-order chi connectivity index (χ1) is 14.6. The Morgan fingerprint density at radius 3 is 2.48 bits per heavy atom. The molecule has 0 aliphatic heterocycles. The van der Waals surface area contributed by atoms with Crippen LogP contribution >= 0.6 is 36.4 Å². The molecule has 4 aromatic rings. The van der Waals surface area contributed by atoms with E-state index in [1.165, 1.54) is 0 Å². The van der Waals surface area contributed by atoms with Gasteiger partial charge in [0.25, 0.3) is 0 Å². The molecule has 0 bridgehead atoms. The lowest BCUT2D eigenvalue weighted by Gasteiger charge is -2.13. The van der Waals surface area contributed by atoms with Crippen LogP contribution in [0.3, 0.4) is 0 Å². The molecule has 33 heavy (non-hydrogen) atoms. The van der Waals surface area contributed by atoms with Crippen molar-refractivity contribution in [1.82, 2.24) is 10.2 Å². The summed E-state index contributed by atoms with van der Waals surface area (Å²) in [5, 5.41) is 14.4. The number of hydrogen-bond donors (Lipinski definition) is 2. The molecule has 6 nitrogen and oxygen atoms in total. The second-order valence-electron chi connectivity index (χ2n) is 6.69. The van der Waals surface area contributed by atoms with Gasteiger partial charge in [0.1, 0.15) is 11.4 Å². The SMILES string of the molecule is C.Cl.Cl.[C-]#[N+]c1ccc2c(-c3cccc(N)c3)nnc(NCc3ccc(OC)c(Cl)c3)c2c1. The first-order valence-corrected chi connectivity index (χ1v) is 9.57. The summed E-state index contributed by atoms with van der Waals surface area (Å²) in [6.07, 6.45) is 0. The zero-order valence-corrected chi connectivity index (χ0v) is 19.4. The van der Waals surface area contributed by atoms with E-state index in [9.17, 15) is 0 Å². The highest BCUT2D eigenvalue weighted by atomic mass is 35.5. The number of nitrogens with one attached hydrogen (secondary N) is 1. The van der Waals surface area contributed by atoms with Gasteiger partial charge < -0.3 is 15.8 Å². The second-order valence-corrected chi connectivity index (χ2v) is 7.09. The highest BCUT2D eigenvalue weighted by molar-refractivity contribution is 6.32. The maximum Gasteiger partial charge on any atom is 0.188 e. The minimum atomic E-state index is 0. The number of nitrogens with zero attached hydrogens (tertiary/aromatic N) is 3. The molecular weight excluding hydrogens is 481 g/mol. The Labute approximate surface area is 210 Å². The fraction of sp³-hybridized carbons (Fsp3) is 0.125. The van der Waals surface area contributed by atoms with Crippen molar-refractivity contribution in [1.29, 1.82) is 0 Å². The molecule has 172 valence electrons. The molecular formula is C24H24Cl3N5O. The summed E-state index contributed by atoms with van der Waals surface area (Å²) in [4.78, 5) is 3.55. The number of aromatic nitrogens is 2. The highest BCUT2D eigenvalue weighted by Gasteiger charge is 2.12. The average Bonchev–Trinajstić information content (AvgIpc) is 2.77. The van der Waals surface area contributed by atoms with Crippen LogP contribution in [0.5, 0.6) is 5.75 Å². The molecule has 0 saturated carbocycles. The van der Waals surface area contributed by atoms with Crippen molar-refractivity contribution < 1.29 is 4.74 Å². The monoisotopic (exact) mass is 503 g/mol. The molecule has 0 atom stereocenters. The molecule has 1 heterocycles. The van der Waals surface area contributed by atoms with Crippen LogP contribution in [-0.2, 0) is 6.54 Å². The number of nitrogens with two attached hydrogens (primary N) is 1. The predicted molar refractivity (Wildman–Crippen MR) is 142 cm³/mol. The molecule has 0 aliphatic rings. The van der Waals surface area contributed by atoms with E-state index >= 15 is 0 Å². The smallest absolute Gasteiger partial charge is 0.188 e. The molecule has 0 amide bonds. The summed E-state index contributed by atoms with van der Waals surface area (Å²) < 4.78 is 5.20. The van der Waals surface area contributed by atoms with Gasteiger partial charge in [0.2, 0.25) is 0 Å². The lowest BCUT2D eigenvalue weighted by molar-refractivity contribution is 0.415. The molecule has 0 spiro atoms. The normalized spacial score (nSPS) is 9.61. The number of nitrogen functional groups attached to an aromatic ring is 1. The number of halogens is 3. The van der Waals surface area contributed by atoms with Gasteiger partial charge in [-0.05, 0) is 35.9 Å². The third kappa shape index (κ3) is 5.96. The first kappa shape index (κ1) is 27.8. The number of anilines is 2. The van der Waals surface area contributed by atoms with Crippen LogP contribution in [0, 0.1) is 6.57 Å². The molecule has 0 saturated heterocycles. The largest absolute Gasteiger partial charge is 0.495 e. The van der Waals surface area contributed by atoms with E-state index < -0.39 is 0 Å². The summed E-state index contributed by atoms with van der Waals surface area (Å²) in [7, 11) is 1.58. The van der Waals surface area contributed by atoms with Gasteiger partial charge in [-0.15, -0.1) is 35.0 Å². The summed E-state index contributed by atoms with van der Waals surface area (Å²) in [6, 6.07) is 18.6. The van der Waals surface area contributed by atoms with Crippen LogP contribution in [0.15, 0.2) is 60.7 Å². The molecule has 0 radical (unpaired) electrons. The third-order valence-electron chi connectivity index (χ3n) is 4.73. The summed E-state index contributed by atoms with van der Waals surface area (Å²) in [5.74, 6) is 1.22. The summed E-state index contributed by atoms with van der Waals surface area (Å²) in [6.45, 7) is 7.85. The molecule has 0 unspecified atom stereocenters. The van der Waals surface area contributed by atoms with Crippen LogP contribution in [0.4, 0.5) is 17.2 Å². The Morgan fingerprint density at radius 1 is 1.03 bits per heavy atom. The van der Waals surface area contributed by atoms with Gasteiger partial charge in [-0.2, -0.15) is 0 Å². The Morgan fingerprint density at radius 2 is 1.82 bits per heavy atom. The fourth-order valence-corrected chi connectivity index (χ4v) is 3.53. The Kier molecular flexibility index (Phi) is 10.2. The lowest BCUT2D eigenvalue weighted by Crippen LogP contribution is -2.04. The van der Waals surface area contributed by atoms with Gasteiger partial charge in [-0.25, -0.2) is 4.85 Å². The van der Waals surface area contributed by atoms with E-state index in [0.29, 0.717) is 40.2 Å². The second kappa shape index (κ2) is 12.1. The topological polar surface area (TPSA) is 77.4 Å². The van der Waals surface area contributed by atoms with Crippen molar-refractivity contribution in [3.63, 3.8) is 0 Å². The Bertz CT molecular complexity index is 1290. The minimum Gasteiger partial charge on any atom is -0.495 e. The third-order valence-corrected chi connectivity index (χ3v) is 5.02.